The van der Waals surface area contributed by atoms with Crippen LogP contribution in [0.2, 0.25) is 0 Å². The van der Waals surface area contributed by atoms with Gasteiger partial charge in [0.1, 0.15) is 6.10 Å². The molecule has 6 heteroatoms. The predicted molar refractivity (Wildman–Crippen MR) is 79.6 cm³/mol. The van der Waals surface area contributed by atoms with Crippen molar-refractivity contribution in [3.8, 4) is 0 Å². The highest BCUT2D eigenvalue weighted by Gasteiger charge is 2.26. The summed E-state index contributed by atoms with van der Waals surface area (Å²) in [4.78, 5) is 15.9. The summed E-state index contributed by atoms with van der Waals surface area (Å²) in [6.45, 7) is 3.86. The molecule has 19 heavy (non-hydrogen) atoms. The summed E-state index contributed by atoms with van der Waals surface area (Å²) in [6.07, 6.45) is 5.55. The first-order chi connectivity index (χ1) is 9.04. The molecule has 4 nitrogen and oxygen atoms in total. The Bertz CT molecular complexity index is 428. The first kappa shape index (κ1) is 14.8. The van der Waals surface area contributed by atoms with Crippen LogP contribution in [-0.4, -0.2) is 23.2 Å². The number of carbonyl (C=O) groups is 1. The molecule has 0 radical (unpaired) electrons. The first-order valence-electron chi connectivity index (χ1n) is 6.63. The van der Waals surface area contributed by atoms with E-state index in [1.807, 2.05) is 20.0 Å². The van der Waals surface area contributed by atoms with E-state index in [4.69, 9.17) is 4.74 Å². The van der Waals surface area contributed by atoms with Crippen molar-refractivity contribution in [3.63, 3.8) is 0 Å². The lowest BCUT2D eigenvalue weighted by atomic mass is 9.88. The number of thiazole rings is 1. The van der Waals surface area contributed by atoms with E-state index in [1.54, 1.807) is 11.3 Å². The molecule has 1 fully saturated rings. The van der Waals surface area contributed by atoms with Gasteiger partial charge in [0.05, 0.1) is 15.0 Å². The number of rotatable bonds is 3. The average Bonchev–Trinajstić information content (AvgIpc) is 2.75. The van der Waals surface area contributed by atoms with E-state index in [1.165, 1.54) is 5.01 Å². The number of hydrogen-bond acceptors (Lipinski definition) is 4. The third kappa shape index (κ3) is 4.45. The lowest BCUT2D eigenvalue weighted by molar-refractivity contribution is 0.0699. The number of nitrogens with one attached hydrogen (secondary N) is 1. The maximum Gasteiger partial charge on any atom is 0.407 e. The highest BCUT2D eigenvalue weighted by Crippen LogP contribution is 2.36. The summed E-state index contributed by atoms with van der Waals surface area (Å²) in [5.74, 6) is 0.518. The Hall–Kier alpha value is -0.620. The van der Waals surface area contributed by atoms with Crippen molar-refractivity contribution in [2.75, 3.05) is 0 Å². The Morgan fingerprint density at radius 1 is 1.47 bits per heavy atom. The van der Waals surface area contributed by atoms with Gasteiger partial charge in [0.25, 0.3) is 0 Å². The van der Waals surface area contributed by atoms with Crippen LogP contribution in [0.1, 0.15) is 50.5 Å². The van der Waals surface area contributed by atoms with Gasteiger partial charge in [-0.05, 0) is 55.5 Å². The monoisotopic (exact) mass is 346 g/mol. The second-order valence-corrected chi connectivity index (χ2v) is 7.62. The number of aromatic nitrogens is 1. The maximum absolute atomic E-state index is 11.5. The van der Waals surface area contributed by atoms with Crippen molar-refractivity contribution in [1.29, 1.82) is 0 Å². The molecule has 1 aliphatic rings. The van der Waals surface area contributed by atoms with Crippen molar-refractivity contribution in [3.05, 3.63) is 15.0 Å². The molecule has 1 aromatic heterocycles. The van der Waals surface area contributed by atoms with Crippen LogP contribution in [0.4, 0.5) is 4.79 Å². The number of hydrogen-bond donors (Lipinski definition) is 1. The van der Waals surface area contributed by atoms with Crippen molar-refractivity contribution >= 4 is 33.4 Å². The normalized spacial score (nSPS) is 23.4. The number of amides is 1. The molecule has 1 aliphatic carbocycles. The molecule has 0 saturated heterocycles. The van der Waals surface area contributed by atoms with Crippen LogP contribution in [0, 0.1) is 0 Å². The van der Waals surface area contributed by atoms with E-state index in [9.17, 15) is 4.79 Å². The Kier molecular flexibility index (Phi) is 5.21. The Morgan fingerprint density at radius 3 is 2.68 bits per heavy atom. The van der Waals surface area contributed by atoms with Gasteiger partial charge >= 0.3 is 6.09 Å². The molecule has 1 N–H and O–H groups in total. The van der Waals surface area contributed by atoms with E-state index in [2.05, 4.69) is 26.2 Å². The van der Waals surface area contributed by atoms with E-state index >= 15 is 0 Å². The molecular formula is C13H19BrN2O2S. The van der Waals surface area contributed by atoms with E-state index in [0.717, 1.165) is 29.5 Å². The largest absolute Gasteiger partial charge is 0.446 e. The minimum absolute atomic E-state index is 0.0541. The second kappa shape index (κ2) is 6.70. The molecule has 0 aliphatic heterocycles. The van der Waals surface area contributed by atoms with E-state index in [-0.39, 0.29) is 18.2 Å². The molecule has 1 aromatic rings. The highest BCUT2D eigenvalue weighted by molar-refractivity contribution is 9.11. The number of alkyl carbamates (subject to hydrolysis) is 1. The Labute approximate surface area is 126 Å². The smallest absolute Gasteiger partial charge is 0.407 e. The van der Waals surface area contributed by atoms with Crippen LogP contribution in [0.15, 0.2) is 9.98 Å². The number of nitrogens with zero attached hydrogens (tertiary/aromatic N) is 1. The quantitative estimate of drug-likeness (QED) is 0.897. The third-order valence-electron chi connectivity index (χ3n) is 3.20. The fourth-order valence-electron chi connectivity index (χ4n) is 2.30. The standard InChI is InChI=1S/C13H19BrN2O2S/c1-8(2)16-13(17)18-10-5-3-9(4-6-10)12-15-7-11(14)19-12/h7-10H,3-6H2,1-2H3,(H,16,17). The Balaban J connectivity index is 1.78. The first-order valence-corrected chi connectivity index (χ1v) is 8.24. The molecular weight excluding hydrogens is 328 g/mol. The fourth-order valence-corrected chi connectivity index (χ4v) is 3.72. The highest BCUT2D eigenvalue weighted by atomic mass is 79.9. The van der Waals surface area contributed by atoms with Gasteiger partial charge in [0.2, 0.25) is 0 Å². The maximum atomic E-state index is 11.5. The molecule has 0 atom stereocenters. The molecule has 0 aromatic carbocycles. The second-order valence-electron chi connectivity index (χ2n) is 5.18. The van der Waals surface area contributed by atoms with Crippen molar-refractivity contribution < 1.29 is 9.53 Å². The lowest BCUT2D eigenvalue weighted by Crippen LogP contribution is -2.34. The van der Waals surface area contributed by atoms with Crippen LogP contribution in [-0.2, 0) is 4.74 Å². The summed E-state index contributed by atoms with van der Waals surface area (Å²) in [7, 11) is 0. The topological polar surface area (TPSA) is 51.2 Å². The third-order valence-corrected chi connectivity index (χ3v) is 4.84. The van der Waals surface area contributed by atoms with Crippen LogP contribution < -0.4 is 5.32 Å². The zero-order valence-electron chi connectivity index (χ0n) is 11.2. The molecule has 106 valence electrons. The number of ether oxygens (including phenoxy) is 1. The summed E-state index contributed by atoms with van der Waals surface area (Å²) in [5, 5.41) is 3.95. The molecule has 0 spiro atoms. The van der Waals surface area contributed by atoms with Gasteiger partial charge in [-0.25, -0.2) is 9.78 Å². The molecule has 1 saturated carbocycles. The van der Waals surface area contributed by atoms with Crippen molar-refractivity contribution in [1.82, 2.24) is 10.3 Å². The molecule has 0 unspecified atom stereocenters. The van der Waals surface area contributed by atoms with Gasteiger partial charge in [0, 0.05) is 12.0 Å². The van der Waals surface area contributed by atoms with Crippen molar-refractivity contribution in [2.45, 2.75) is 57.6 Å². The predicted octanol–water partition coefficient (Wildman–Crippen LogP) is 4.07. The van der Waals surface area contributed by atoms with Crippen LogP contribution in [0.5, 0.6) is 0 Å². The zero-order valence-corrected chi connectivity index (χ0v) is 13.6. The van der Waals surface area contributed by atoms with Gasteiger partial charge < -0.3 is 10.1 Å². The zero-order chi connectivity index (χ0) is 13.8. The summed E-state index contributed by atoms with van der Waals surface area (Å²) in [6, 6.07) is 0.122. The molecule has 1 heterocycles. The van der Waals surface area contributed by atoms with Gasteiger partial charge in [0.15, 0.2) is 0 Å². The van der Waals surface area contributed by atoms with Crippen LogP contribution in [0.25, 0.3) is 0 Å². The van der Waals surface area contributed by atoms with Crippen LogP contribution in [0.3, 0.4) is 0 Å². The average molecular weight is 347 g/mol. The number of carbonyl (C=O) groups excluding carboxylic acids is 1. The summed E-state index contributed by atoms with van der Waals surface area (Å²) >= 11 is 5.15. The van der Waals surface area contributed by atoms with Gasteiger partial charge in [-0.1, -0.05) is 0 Å². The molecule has 1 amide bonds. The minimum atomic E-state index is -0.296. The summed E-state index contributed by atoms with van der Waals surface area (Å²) in [5.41, 5.74) is 0. The Morgan fingerprint density at radius 2 is 2.16 bits per heavy atom. The summed E-state index contributed by atoms with van der Waals surface area (Å²) < 4.78 is 6.50. The van der Waals surface area contributed by atoms with Gasteiger partial charge in [-0.2, -0.15) is 0 Å². The van der Waals surface area contributed by atoms with Crippen LogP contribution >= 0.6 is 27.3 Å². The fraction of sp³-hybridized carbons (Fsp3) is 0.692. The SMILES string of the molecule is CC(C)NC(=O)OC1CCC(c2ncc(Br)s2)CC1. The van der Waals surface area contributed by atoms with E-state index in [0.29, 0.717) is 5.92 Å². The van der Waals surface area contributed by atoms with Gasteiger partial charge in [-0.15, -0.1) is 11.3 Å². The van der Waals surface area contributed by atoms with E-state index < -0.39 is 0 Å². The molecule has 0 bridgehead atoms. The van der Waals surface area contributed by atoms with Crippen molar-refractivity contribution in [2.24, 2.45) is 0 Å². The lowest BCUT2D eigenvalue weighted by Gasteiger charge is -2.27. The number of halogens is 1. The minimum Gasteiger partial charge on any atom is -0.446 e. The van der Waals surface area contributed by atoms with Gasteiger partial charge in [-0.3, -0.25) is 0 Å². The molecule has 2 rings (SSSR count).